The van der Waals surface area contributed by atoms with Crippen LogP contribution in [-0.4, -0.2) is 13.4 Å². The number of hydrogen-bond donors (Lipinski definition) is 2. The van der Waals surface area contributed by atoms with Crippen molar-refractivity contribution >= 4 is 37.3 Å². The van der Waals surface area contributed by atoms with Gasteiger partial charge in [0, 0.05) is 11.9 Å². The van der Waals surface area contributed by atoms with Gasteiger partial charge in [0.1, 0.15) is 4.60 Å². The van der Waals surface area contributed by atoms with Crippen LogP contribution in [0.3, 0.4) is 0 Å². The molecule has 0 fully saturated rings. The van der Waals surface area contributed by atoms with Crippen LogP contribution in [0, 0.1) is 13.8 Å². The summed E-state index contributed by atoms with van der Waals surface area (Å²) in [5.41, 5.74) is 7.81. The van der Waals surface area contributed by atoms with E-state index in [2.05, 4.69) is 25.6 Å². The summed E-state index contributed by atoms with van der Waals surface area (Å²) in [4.78, 5) is 4.19. The zero-order chi connectivity index (χ0) is 14.9. The second kappa shape index (κ2) is 5.41. The second-order valence-corrected chi connectivity index (χ2v) is 6.74. The third-order valence-corrected chi connectivity index (χ3v) is 5.20. The number of halogens is 1. The number of nitrogen functional groups attached to an aromatic ring is 1. The Labute approximate surface area is 126 Å². The Kier molecular flexibility index (Phi) is 4.01. The molecule has 0 radical (unpaired) electrons. The van der Waals surface area contributed by atoms with Crippen molar-refractivity contribution in [2.24, 2.45) is 0 Å². The number of rotatable bonds is 3. The fourth-order valence-electron chi connectivity index (χ4n) is 1.91. The predicted molar refractivity (Wildman–Crippen MR) is 83.1 cm³/mol. The van der Waals surface area contributed by atoms with Crippen LogP contribution >= 0.6 is 15.9 Å². The number of benzene rings is 1. The van der Waals surface area contributed by atoms with Crippen molar-refractivity contribution in [2.75, 3.05) is 10.5 Å². The molecule has 2 aromatic rings. The van der Waals surface area contributed by atoms with Crippen molar-refractivity contribution in [1.82, 2.24) is 4.98 Å². The highest BCUT2D eigenvalue weighted by atomic mass is 79.9. The molecular weight excluding hydrogens is 342 g/mol. The van der Waals surface area contributed by atoms with Crippen LogP contribution in [0.2, 0.25) is 0 Å². The summed E-state index contributed by atoms with van der Waals surface area (Å²) in [6.07, 6.45) is 1.57. The lowest BCUT2D eigenvalue weighted by atomic mass is 10.1. The average Bonchev–Trinajstić information content (AvgIpc) is 2.37. The second-order valence-electron chi connectivity index (χ2n) is 4.37. The molecule has 3 N–H and O–H groups in total. The van der Waals surface area contributed by atoms with E-state index in [0.29, 0.717) is 27.1 Å². The van der Waals surface area contributed by atoms with Crippen LogP contribution < -0.4 is 10.5 Å². The molecule has 0 unspecified atom stereocenters. The molecule has 0 saturated carbocycles. The summed E-state index contributed by atoms with van der Waals surface area (Å²) >= 11 is 3.21. The molecule has 1 aromatic carbocycles. The van der Waals surface area contributed by atoms with Crippen LogP contribution in [0.25, 0.3) is 0 Å². The summed E-state index contributed by atoms with van der Waals surface area (Å²) in [5.74, 6) is 0. The van der Waals surface area contributed by atoms with E-state index in [1.807, 2.05) is 0 Å². The Morgan fingerprint density at radius 1 is 1.25 bits per heavy atom. The molecule has 5 nitrogen and oxygen atoms in total. The first-order chi connectivity index (χ1) is 9.33. The maximum Gasteiger partial charge on any atom is 0.262 e. The normalized spacial score (nSPS) is 11.3. The van der Waals surface area contributed by atoms with Gasteiger partial charge in [-0.05, 0) is 59.1 Å². The maximum atomic E-state index is 12.5. The van der Waals surface area contributed by atoms with Crippen LogP contribution in [0.5, 0.6) is 0 Å². The molecule has 0 bridgehead atoms. The van der Waals surface area contributed by atoms with Gasteiger partial charge in [0.2, 0.25) is 0 Å². The van der Waals surface area contributed by atoms with Crippen LogP contribution in [-0.2, 0) is 10.0 Å². The lowest BCUT2D eigenvalue weighted by molar-refractivity contribution is 0.600. The Hall–Kier alpha value is -1.60. The summed E-state index contributed by atoms with van der Waals surface area (Å²) in [7, 11) is -3.72. The predicted octanol–water partition coefficient (Wildman–Crippen LogP) is 2.84. The quantitative estimate of drug-likeness (QED) is 0.654. The van der Waals surface area contributed by atoms with Gasteiger partial charge in [-0.3, -0.25) is 4.72 Å². The number of nitrogens with two attached hydrogens (primary N) is 1. The van der Waals surface area contributed by atoms with Crippen molar-refractivity contribution in [1.29, 1.82) is 0 Å². The molecule has 20 heavy (non-hydrogen) atoms. The van der Waals surface area contributed by atoms with Crippen LogP contribution in [0.15, 0.2) is 40.0 Å². The standard InChI is InChI=1S/C13H14BrN3O2S/c1-8-5-6-10(15)9(2)12(8)20(18,19)17-11-4-3-7-16-13(11)14/h3-7,17H,15H2,1-2H3. The molecule has 7 heteroatoms. The third-order valence-electron chi connectivity index (χ3n) is 2.92. The minimum absolute atomic E-state index is 0.202. The molecule has 0 aliphatic heterocycles. The lowest BCUT2D eigenvalue weighted by Crippen LogP contribution is -2.17. The molecule has 0 amide bonds. The van der Waals surface area contributed by atoms with Gasteiger partial charge < -0.3 is 5.73 Å². The van der Waals surface area contributed by atoms with Gasteiger partial charge in [-0.15, -0.1) is 0 Å². The smallest absolute Gasteiger partial charge is 0.262 e. The number of nitrogens with zero attached hydrogens (tertiary/aromatic N) is 1. The molecule has 0 saturated heterocycles. The number of aryl methyl sites for hydroxylation is 1. The molecule has 0 aliphatic carbocycles. The molecule has 1 aromatic heterocycles. The highest BCUT2D eigenvalue weighted by Gasteiger charge is 2.21. The fraction of sp³-hybridized carbons (Fsp3) is 0.154. The van der Waals surface area contributed by atoms with Crippen molar-refractivity contribution in [3.63, 3.8) is 0 Å². The number of aromatic nitrogens is 1. The van der Waals surface area contributed by atoms with E-state index in [1.165, 1.54) is 0 Å². The molecule has 0 aliphatic rings. The van der Waals surface area contributed by atoms with E-state index >= 15 is 0 Å². The molecule has 106 valence electrons. The first-order valence-corrected chi connectivity index (χ1v) is 8.09. The molecule has 2 rings (SSSR count). The van der Waals surface area contributed by atoms with Gasteiger partial charge >= 0.3 is 0 Å². The largest absolute Gasteiger partial charge is 0.398 e. The molecular formula is C13H14BrN3O2S. The third kappa shape index (κ3) is 2.78. The topological polar surface area (TPSA) is 85.1 Å². The van der Waals surface area contributed by atoms with E-state index in [1.54, 1.807) is 44.3 Å². The van der Waals surface area contributed by atoms with Crippen molar-refractivity contribution < 1.29 is 8.42 Å². The van der Waals surface area contributed by atoms with Crippen molar-refractivity contribution in [3.05, 3.63) is 46.2 Å². The van der Waals surface area contributed by atoms with E-state index in [-0.39, 0.29) is 4.90 Å². The summed E-state index contributed by atoms with van der Waals surface area (Å²) < 4.78 is 28.0. The molecule has 1 heterocycles. The highest BCUT2D eigenvalue weighted by Crippen LogP contribution is 2.28. The zero-order valence-corrected chi connectivity index (χ0v) is 13.4. The summed E-state index contributed by atoms with van der Waals surface area (Å²) in [6.45, 7) is 3.43. The van der Waals surface area contributed by atoms with Gasteiger partial charge in [0.25, 0.3) is 10.0 Å². The Balaban J connectivity index is 2.52. The lowest BCUT2D eigenvalue weighted by Gasteiger charge is -2.14. The van der Waals surface area contributed by atoms with E-state index < -0.39 is 10.0 Å². The minimum atomic E-state index is -3.72. The Morgan fingerprint density at radius 2 is 1.95 bits per heavy atom. The van der Waals surface area contributed by atoms with Crippen LogP contribution in [0.4, 0.5) is 11.4 Å². The summed E-state index contributed by atoms with van der Waals surface area (Å²) in [5, 5.41) is 0. The first-order valence-electron chi connectivity index (χ1n) is 5.82. The Morgan fingerprint density at radius 3 is 2.60 bits per heavy atom. The number of anilines is 2. The first kappa shape index (κ1) is 14.8. The van der Waals surface area contributed by atoms with Crippen LogP contribution in [0.1, 0.15) is 11.1 Å². The number of pyridine rings is 1. The van der Waals surface area contributed by atoms with Gasteiger partial charge in [0.05, 0.1) is 10.6 Å². The number of sulfonamides is 1. The van der Waals surface area contributed by atoms with E-state index in [9.17, 15) is 8.42 Å². The number of hydrogen-bond acceptors (Lipinski definition) is 4. The average molecular weight is 356 g/mol. The zero-order valence-electron chi connectivity index (χ0n) is 11.0. The fourth-order valence-corrected chi connectivity index (χ4v) is 3.96. The molecule has 0 spiro atoms. The highest BCUT2D eigenvalue weighted by molar-refractivity contribution is 9.10. The Bertz CT molecular complexity index is 760. The SMILES string of the molecule is Cc1ccc(N)c(C)c1S(=O)(=O)Nc1cccnc1Br. The van der Waals surface area contributed by atoms with Gasteiger partial charge in [-0.1, -0.05) is 6.07 Å². The van der Waals surface area contributed by atoms with Gasteiger partial charge in [-0.2, -0.15) is 0 Å². The van der Waals surface area contributed by atoms with Crippen molar-refractivity contribution in [3.8, 4) is 0 Å². The monoisotopic (exact) mass is 355 g/mol. The van der Waals surface area contributed by atoms with Gasteiger partial charge in [-0.25, -0.2) is 13.4 Å². The van der Waals surface area contributed by atoms with Gasteiger partial charge in [0.15, 0.2) is 0 Å². The number of nitrogens with one attached hydrogen (secondary N) is 1. The van der Waals surface area contributed by atoms with E-state index in [0.717, 1.165) is 0 Å². The van der Waals surface area contributed by atoms with Crippen molar-refractivity contribution in [2.45, 2.75) is 18.7 Å². The van der Waals surface area contributed by atoms with E-state index in [4.69, 9.17) is 5.73 Å². The maximum absolute atomic E-state index is 12.5. The molecule has 0 atom stereocenters. The summed E-state index contributed by atoms with van der Waals surface area (Å²) in [6, 6.07) is 6.67. The minimum Gasteiger partial charge on any atom is -0.398 e.